The Hall–Kier alpha value is -3.85. The number of halogens is 2. The molecule has 3 aromatic heterocycles. The smallest absolute Gasteiger partial charge is 0.292 e. The van der Waals surface area contributed by atoms with Gasteiger partial charge in [0.1, 0.15) is 17.3 Å². The van der Waals surface area contributed by atoms with E-state index in [2.05, 4.69) is 30.6 Å². The van der Waals surface area contributed by atoms with Crippen LogP contribution in [0.2, 0.25) is 0 Å². The van der Waals surface area contributed by atoms with Gasteiger partial charge in [0.15, 0.2) is 5.82 Å². The van der Waals surface area contributed by atoms with Crippen molar-refractivity contribution in [2.45, 2.75) is 19.8 Å². The molecule has 0 saturated carbocycles. The molecule has 4 aromatic rings. The molecule has 3 heterocycles. The van der Waals surface area contributed by atoms with E-state index in [0.29, 0.717) is 33.9 Å². The Kier molecular flexibility index (Phi) is 7.03. The maximum Gasteiger partial charge on any atom is 0.292 e. The number of aromatic amines is 1. The molecule has 4 rings (SSSR count). The second-order valence-electron chi connectivity index (χ2n) is 7.48. The standard InChI is InChI=1S/C23H21FN6O2.ClH/c1-12(2)15-10-27-20(13-4-6-14(24)7-5-13)30-21(15)29-17-8-9-26-22-18(17)16(11-28-22)19(31)23(32)25-3;/h4-12H,1-3H3,(H,25,32)(H2,26,27,28,29,30);1H. The normalized spacial score (nSPS) is 10.7. The zero-order valence-electron chi connectivity index (χ0n) is 18.1. The summed E-state index contributed by atoms with van der Waals surface area (Å²) in [5, 5.41) is 6.12. The molecular weight excluding hydrogens is 447 g/mol. The minimum atomic E-state index is -0.718. The molecule has 0 unspecified atom stereocenters. The van der Waals surface area contributed by atoms with Gasteiger partial charge in [-0.05, 0) is 36.2 Å². The van der Waals surface area contributed by atoms with E-state index in [1.54, 1.807) is 30.6 Å². The molecule has 0 saturated heterocycles. The third-order valence-corrected chi connectivity index (χ3v) is 5.05. The molecule has 0 fully saturated rings. The van der Waals surface area contributed by atoms with Gasteiger partial charge in [-0.25, -0.2) is 19.3 Å². The Morgan fingerprint density at radius 1 is 1.09 bits per heavy atom. The Morgan fingerprint density at radius 2 is 1.82 bits per heavy atom. The van der Waals surface area contributed by atoms with E-state index in [4.69, 9.17) is 0 Å². The van der Waals surface area contributed by atoms with Crippen molar-refractivity contribution in [3.05, 3.63) is 65.9 Å². The first-order valence-corrected chi connectivity index (χ1v) is 10.0. The third-order valence-electron chi connectivity index (χ3n) is 5.05. The van der Waals surface area contributed by atoms with Crippen molar-refractivity contribution in [2.75, 3.05) is 12.4 Å². The van der Waals surface area contributed by atoms with Gasteiger partial charge < -0.3 is 15.6 Å². The average Bonchev–Trinajstić information content (AvgIpc) is 3.23. The van der Waals surface area contributed by atoms with Crippen molar-refractivity contribution in [3.63, 3.8) is 0 Å². The van der Waals surface area contributed by atoms with Gasteiger partial charge >= 0.3 is 0 Å². The molecule has 0 aliphatic rings. The molecule has 170 valence electrons. The fourth-order valence-electron chi connectivity index (χ4n) is 3.36. The Labute approximate surface area is 195 Å². The Bertz CT molecular complexity index is 1320. The zero-order chi connectivity index (χ0) is 22.8. The van der Waals surface area contributed by atoms with E-state index in [-0.39, 0.29) is 29.7 Å². The van der Waals surface area contributed by atoms with Crippen LogP contribution in [-0.4, -0.2) is 38.7 Å². The van der Waals surface area contributed by atoms with Gasteiger partial charge in [-0.1, -0.05) is 13.8 Å². The molecule has 0 atom stereocenters. The predicted molar refractivity (Wildman–Crippen MR) is 127 cm³/mol. The lowest BCUT2D eigenvalue weighted by molar-refractivity contribution is -0.116. The number of hydrogen-bond donors (Lipinski definition) is 3. The Morgan fingerprint density at radius 3 is 2.48 bits per heavy atom. The number of fused-ring (bicyclic) bond motifs is 1. The van der Waals surface area contributed by atoms with Crippen LogP contribution in [0.3, 0.4) is 0 Å². The molecule has 10 heteroatoms. The number of carbonyl (C=O) groups is 2. The fraction of sp³-hybridized carbons (Fsp3) is 0.174. The highest BCUT2D eigenvalue weighted by Gasteiger charge is 2.22. The number of aromatic nitrogens is 4. The number of pyridine rings is 1. The highest BCUT2D eigenvalue weighted by Crippen LogP contribution is 2.32. The van der Waals surface area contributed by atoms with Gasteiger partial charge in [0.2, 0.25) is 0 Å². The van der Waals surface area contributed by atoms with Crippen molar-refractivity contribution >= 4 is 46.6 Å². The third kappa shape index (κ3) is 4.68. The maximum atomic E-state index is 13.3. The van der Waals surface area contributed by atoms with Crippen molar-refractivity contribution < 1.29 is 14.0 Å². The summed E-state index contributed by atoms with van der Waals surface area (Å²) >= 11 is 0. The second-order valence-corrected chi connectivity index (χ2v) is 7.48. The molecular formula is C23H22ClFN6O2. The minimum absolute atomic E-state index is 0. The summed E-state index contributed by atoms with van der Waals surface area (Å²) in [5.74, 6) is -0.654. The van der Waals surface area contributed by atoms with E-state index in [1.807, 2.05) is 13.8 Å². The number of nitrogens with one attached hydrogen (secondary N) is 3. The van der Waals surface area contributed by atoms with E-state index < -0.39 is 11.7 Å². The molecule has 1 aromatic carbocycles. The second kappa shape index (κ2) is 9.74. The topological polar surface area (TPSA) is 113 Å². The van der Waals surface area contributed by atoms with Gasteiger partial charge in [-0.2, -0.15) is 0 Å². The number of rotatable bonds is 6. The lowest BCUT2D eigenvalue weighted by Crippen LogP contribution is -2.27. The van der Waals surface area contributed by atoms with Gasteiger partial charge in [-0.3, -0.25) is 9.59 Å². The number of H-pyrrole nitrogens is 1. The predicted octanol–water partition coefficient (Wildman–Crippen LogP) is 4.38. The first-order valence-electron chi connectivity index (χ1n) is 10.0. The van der Waals surface area contributed by atoms with Gasteiger partial charge in [0.05, 0.1) is 16.6 Å². The lowest BCUT2D eigenvalue weighted by Gasteiger charge is -2.15. The van der Waals surface area contributed by atoms with Gasteiger partial charge in [0.25, 0.3) is 11.7 Å². The SMILES string of the molecule is CNC(=O)C(=O)c1c[nH]c2nccc(Nc3nc(-c4ccc(F)cc4)ncc3C(C)C)c12.Cl. The van der Waals surface area contributed by atoms with E-state index in [9.17, 15) is 14.0 Å². The summed E-state index contributed by atoms with van der Waals surface area (Å²) in [6.07, 6.45) is 4.78. The summed E-state index contributed by atoms with van der Waals surface area (Å²) in [4.78, 5) is 40.8. The molecule has 1 amide bonds. The summed E-state index contributed by atoms with van der Waals surface area (Å²) in [7, 11) is 1.40. The van der Waals surface area contributed by atoms with Crippen LogP contribution in [0.5, 0.6) is 0 Å². The van der Waals surface area contributed by atoms with Crippen LogP contribution in [0.25, 0.3) is 22.4 Å². The summed E-state index contributed by atoms with van der Waals surface area (Å²) in [6.45, 7) is 4.03. The highest BCUT2D eigenvalue weighted by atomic mass is 35.5. The number of anilines is 2. The zero-order valence-corrected chi connectivity index (χ0v) is 19.0. The molecule has 33 heavy (non-hydrogen) atoms. The molecule has 0 spiro atoms. The van der Waals surface area contributed by atoms with Gasteiger partial charge in [0, 0.05) is 36.8 Å². The monoisotopic (exact) mass is 468 g/mol. The van der Waals surface area contributed by atoms with Crippen molar-refractivity contribution in [1.82, 2.24) is 25.3 Å². The lowest BCUT2D eigenvalue weighted by atomic mass is 10.0. The van der Waals surface area contributed by atoms with Crippen LogP contribution in [0.4, 0.5) is 15.9 Å². The maximum absolute atomic E-state index is 13.3. The molecule has 8 nitrogen and oxygen atoms in total. The van der Waals surface area contributed by atoms with Crippen LogP contribution in [-0.2, 0) is 4.79 Å². The van der Waals surface area contributed by atoms with Gasteiger partial charge in [-0.15, -0.1) is 12.4 Å². The van der Waals surface area contributed by atoms with Crippen molar-refractivity contribution in [1.29, 1.82) is 0 Å². The summed E-state index contributed by atoms with van der Waals surface area (Å²) in [6, 6.07) is 7.64. The number of carbonyl (C=O) groups excluding carboxylic acids is 2. The largest absolute Gasteiger partial charge is 0.352 e. The number of hydrogen-bond acceptors (Lipinski definition) is 6. The van der Waals surface area contributed by atoms with Crippen molar-refractivity contribution in [3.8, 4) is 11.4 Å². The fourth-order valence-corrected chi connectivity index (χ4v) is 3.36. The summed E-state index contributed by atoms with van der Waals surface area (Å²) in [5.41, 5.74) is 2.75. The van der Waals surface area contributed by atoms with E-state index in [1.165, 1.54) is 25.4 Å². The van der Waals surface area contributed by atoms with E-state index in [0.717, 1.165) is 5.56 Å². The first kappa shape index (κ1) is 23.8. The van der Waals surface area contributed by atoms with Crippen LogP contribution < -0.4 is 10.6 Å². The van der Waals surface area contributed by atoms with Crippen LogP contribution in [0.1, 0.15) is 35.7 Å². The molecule has 0 bridgehead atoms. The van der Waals surface area contributed by atoms with Crippen LogP contribution >= 0.6 is 12.4 Å². The number of benzene rings is 1. The number of likely N-dealkylation sites (N-methyl/N-ethyl adjacent to an activating group) is 1. The van der Waals surface area contributed by atoms with E-state index >= 15 is 0 Å². The molecule has 3 N–H and O–H groups in total. The van der Waals surface area contributed by atoms with Crippen LogP contribution in [0, 0.1) is 5.82 Å². The summed E-state index contributed by atoms with van der Waals surface area (Å²) < 4.78 is 13.3. The molecule has 0 aliphatic heterocycles. The number of Topliss-reactive ketones (excluding diaryl/α,β-unsaturated/α-hetero) is 1. The quantitative estimate of drug-likeness (QED) is 0.286. The minimum Gasteiger partial charge on any atom is -0.352 e. The van der Waals surface area contributed by atoms with Crippen molar-refractivity contribution in [2.24, 2.45) is 0 Å². The first-order chi connectivity index (χ1) is 15.4. The number of ketones is 1. The average molecular weight is 469 g/mol. The molecule has 0 aliphatic carbocycles. The highest BCUT2D eigenvalue weighted by molar-refractivity contribution is 6.45. The number of amides is 1. The number of nitrogens with zero attached hydrogens (tertiary/aromatic N) is 3. The van der Waals surface area contributed by atoms with Crippen LogP contribution in [0.15, 0.2) is 48.9 Å². The molecule has 0 radical (unpaired) electrons. The Balaban J connectivity index is 0.00000306.